The van der Waals surface area contributed by atoms with Crippen molar-refractivity contribution in [2.45, 2.75) is 25.2 Å². The van der Waals surface area contributed by atoms with Gasteiger partial charge in [-0.05, 0) is 41.8 Å². The molecule has 0 aliphatic heterocycles. The number of fused-ring (bicyclic) bond motifs is 1. The Hall–Kier alpha value is -1.94. The van der Waals surface area contributed by atoms with Crippen molar-refractivity contribution in [2.24, 2.45) is 0 Å². The highest BCUT2D eigenvalue weighted by molar-refractivity contribution is 7.13. The van der Waals surface area contributed by atoms with E-state index in [1.54, 1.807) is 11.3 Å². The average molecular weight is 281 g/mol. The lowest BCUT2D eigenvalue weighted by Gasteiger charge is -2.22. The maximum Gasteiger partial charge on any atom is 0.191 e. The first-order valence-corrected chi connectivity index (χ1v) is 7.81. The van der Waals surface area contributed by atoms with Crippen molar-refractivity contribution < 1.29 is 0 Å². The van der Waals surface area contributed by atoms with E-state index in [0.717, 1.165) is 35.8 Å². The van der Waals surface area contributed by atoms with Crippen LogP contribution in [0.4, 0.5) is 0 Å². The quantitative estimate of drug-likeness (QED) is 0.776. The van der Waals surface area contributed by atoms with E-state index in [9.17, 15) is 0 Å². The van der Waals surface area contributed by atoms with E-state index in [2.05, 4.69) is 45.9 Å². The van der Waals surface area contributed by atoms with E-state index in [4.69, 9.17) is 4.98 Å². The molecule has 1 N–H and O–H groups in total. The predicted molar refractivity (Wildman–Crippen MR) is 80.9 cm³/mol. The Kier molecular flexibility index (Phi) is 2.89. The largest absolute Gasteiger partial charge is 0.262 e. The Labute approximate surface area is 121 Å². The SMILES string of the molecule is c1csc(-c2n[nH]c(C3CCc4ccccc4C3)n2)c1. The van der Waals surface area contributed by atoms with Crippen LogP contribution < -0.4 is 0 Å². The summed E-state index contributed by atoms with van der Waals surface area (Å²) in [5.41, 5.74) is 2.94. The molecule has 1 unspecified atom stereocenters. The highest BCUT2D eigenvalue weighted by atomic mass is 32.1. The molecule has 0 radical (unpaired) electrons. The Morgan fingerprint density at radius 3 is 2.85 bits per heavy atom. The maximum absolute atomic E-state index is 4.69. The zero-order chi connectivity index (χ0) is 13.4. The molecule has 100 valence electrons. The molecule has 4 rings (SSSR count). The summed E-state index contributed by atoms with van der Waals surface area (Å²) in [5.74, 6) is 2.32. The van der Waals surface area contributed by atoms with Gasteiger partial charge in [-0.3, -0.25) is 5.10 Å². The van der Waals surface area contributed by atoms with E-state index in [-0.39, 0.29) is 0 Å². The van der Waals surface area contributed by atoms with Crippen LogP contribution in [-0.4, -0.2) is 15.2 Å². The van der Waals surface area contributed by atoms with Crippen molar-refractivity contribution in [1.82, 2.24) is 15.2 Å². The molecule has 0 bridgehead atoms. The highest BCUT2D eigenvalue weighted by Gasteiger charge is 2.22. The first-order valence-electron chi connectivity index (χ1n) is 6.93. The summed E-state index contributed by atoms with van der Waals surface area (Å²) < 4.78 is 0. The molecule has 1 aliphatic carbocycles. The summed E-state index contributed by atoms with van der Waals surface area (Å²) in [7, 11) is 0. The lowest BCUT2D eigenvalue weighted by atomic mass is 9.83. The normalized spacial score (nSPS) is 17.9. The van der Waals surface area contributed by atoms with Crippen LogP contribution >= 0.6 is 11.3 Å². The number of hydrogen-bond donors (Lipinski definition) is 1. The lowest BCUT2D eigenvalue weighted by molar-refractivity contribution is 0.557. The number of hydrogen-bond acceptors (Lipinski definition) is 3. The molecule has 20 heavy (non-hydrogen) atoms. The molecule has 3 nitrogen and oxygen atoms in total. The molecule has 4 heteroatoms. The molecule has 0 fully saturated rings. The number of benzene rings is 1. The molecular formula is C16H15N3S. The van der Waals surface area contributed by atoms with Crippen molar-refractivity contribution in [2.75, 3.05) is 0 Å². The van der Waals surface area contributed by atoms with Gasteiger partial charge in [-0.2, -0.15) is 5.10 Å². The fourth-order valence-corrected chi connectivity index (χ4v) is 3.56. The Morgan fingerprint density at radius 2 is 2.00 bits per heavy atom. The van der Waals surface area contributed by atoms with E-state index >= 15 is 0 Å². The third kappa shape index (κ3) is 2.06. The first-order chi connectivity index (χ1) is 9.90. The number of aryl methyl sites for hydroxylation is 1. The zero-order valence-corrected chi connectivity index (χ0v) is 11.9. The van der Waals surface area contributed by atoms with Gasteiger partial charge in [0, 0.05) is 5.92 Å². The summed E-state index contributed by atoms with van der Waals surface area (Å²) in [6.07, 6.45) is 3.35. The minimum atomic E-state index is 0.464. The second kappa shape index (κ2) is 4.87. The fraction of sp³-hybridized carbons (Fsp3) is 0.250. The molecule has 0 amide bonds. The van der Waals surface area contributed by atoms with Crippen LogP contribution in [0.3, 0.4) is 0 Å². The van der Waals surface area contributed by atoms with Crippen molar-refractivity contribution in [3.05, 3.63) is 58.7 Å². The molecule has 0 saturated carbocycles. The third-order valence-electron chi connectivity index (χ3n) is 3.98. The minimum absolute atomic E-state index is 0.464. The van der Waals surface area contributed by atoms with Crippen LogP contribution in [0.15, 0.2) is 41.8 Å². The van der Waals surface area contributed by atoms with Crippen molar-refractivity contribution >= 4 is 11.3 Å². The van der Waals surface area contributed by atoms with Crippen molar-refractivity contribution in [3.8, 4) is 10.7 Å². The van der Waals surface area contributed by atoms with Gasteiger partial charge in [-0.25, -0.2) is 4.98 Å². The van der Waals surface area contributed by atoms with Crippen molar-refractivity contribution in [3.63, 3.8) is 0 Å². The van der Waals surface area contributed by atoms with Crippen LogP contribution in [0.25, 0.3) is 10.7 Å². The van der Waals surface area contributed by atoms with Gasteiger partial charge in [0.25, 0.3) is 0 Å². The lowest BCUT2D eigenvalue weighted by Crippen LogP contribution is -2.13. The topological polar surface area (TPSA) is 41.6 Å². The number of thiophene rings is 1. The molecule has 1 atom stereocenters. The van der Waals surface area contributed by atoms with Gasteiger partial charge in [-0.15, -0.1) is 11.3 Å². The van der Waals surface area contributed by atoms with E-state index in [0.29, 0.717) is 5.92 Å². The summed E-state index contributed by atoms with van der Waals surface area (Å²) >= 11 is 1.68. The van der Waals surface area contributed by atoms with Crippen LogP contribution in [-0.2, 0) is 12.8 Å². The van der Waals surface area contributed by atoms with Crippen LogP contribution in [0.5, 0.6) is 0 Å². The molecule has 1 aromatic carbocycles. The van der Waals surface area contributed by atoms with Gasteiger partial charge in [-0.1, -0.05) is 30.3 Å². The van der Waals surface area contributed by atoms with Gasteiger partial charge in [0.15, 0.2) is 5.82 Å². The second-order valence-electron chi connectivity index (χ2n) is 5.23. The van der Waals surface area contributed by atoms with Crippen LogP contribution in [0, 0.1) is 0 Å². The highest BCUT2D eigenvalue weighted by Crippen LogP contribution is 2.32. The van der Waals surface area contributed by atoms with Gasteiger partial charge >= 0.3 is 0 Å². The summed E-state index contributed by atoms with van der Waals surface area (Å²) in [6.45, 7) is 0. The molecule has 3 aromatic rings. The number of nitrogens with one attached hydrogen (secondary N) is 1. The molecular weight excluding hydrogens is 266 g/mol. The van der Waals surface area contributed by atoms with E-state index in [1.807, 2.05) is 6.07 Å². The number of aromatic amines is 1. The predicted octanol–water partition coefficient (Wildman–Crippen LogP) is 3.81. The van der Waals surface area contributed by atoms with E-state index in [1.165, 1.54) is 11.1 Å². The Morgan fingerprint density at radius 1 is 1.10 bits per heavy atom. The smallest absolute Gasteiger partial charge is 0.191 e. The third-order valence-corrected chi connectivity index (χ3v) is 4.84. The van der Waals surface area contributed by atoms with Crippen molar-refractivity contribution in [1.29, 1.82) is 0 Å². The monoisotopic (exact) mass is 281 g/mol. The average Bonchev–Trinajstić information content (AvgIpc) is 3.17. The number of nitrogens with zero attached hydrogens (tertiary/aromatic N) is 2. The molecule has 2 aromatic heterocycles. The number of H-pyrrole nitrogens is 1. The van der Waals surface area contributed by atoms with Gasteiger partial charge in [0.05, 0.1) is 4.88 Å². The summed E-state index contributed by atoms with van der Waals surface area (Å²) in [6, 6.07) is 12.8. The molecule has 0 spiro atoms. The summed E-state index contributed by atoms with van der Waals surface area (Å²) in [4.78, 5) is 5.82. The Balaban J connectivity index is 1.60. The molecule has 1 aliphatic rings. The standard InChI is InChI=1S/C16H15N3S/c1-2-5-12-10-13(8-7-11(12)4-1)15-17-16(19-18-15)14-6-3-9-20-14/h1-6,9,13H,7-8,10H2,(H,17,18,19). The number of rotatable bonds is 2. The molecule has 0 saturated heterocycles. The summed E-state index contributed by atoms with van der Waals surface area (Å²) in [5, 5.41) is 9.56. The number of aromatic nitrogens is 3. The molecule has 2 heterocycles. The Bertz CT molecular complexity index is 715. The zero-order valence-electron chi connectivity index (χ0n) is 11.0. The van der Waals surface area contributed by atoms with Crippen LogP contribution in [0.2, 0.25) is 0 Å². The van der Waals surface area contributed by atoms with Crippen LogP contribution in [0.1, 0.15) is 29.3 Å². The minimum Gasteiger partial charge on any atom is -0.262 e. The van der Waals surface area contributed by atoms with Gasteiger partial charge in [0.1, 0.15) is 5.82 Å². The maximum atomic E-state index is 4.69. The van der Waals surface area contributed by atoms with E-state index < -0.39 is 0 Å². The second-order valence-corrected chi connectivity index (χ2v) is 6.18. The fourth-order valence-electron chi connectivity index (χ4n) is 2.90. The van der Waals surface area contributed by atoms with Gasteiger partial charge < -0.3 is 0 Å². The first kappa shape index (κ1) is 11.9. The van der Waals surface area contributed by atoms with Gasteiger partial charge in [0.2, 0.25) is 0 Å².